The van der Waals surface area contributed by atoms with E-state index in [-0.39, 0.29) is 5.69 Å². The van der Waals surface area contributed by atoms with Gasteiger partial charge in [-0.05, 0) is 40.6 Å². The van der Waals surface area contributed by atoms with Crippen molar-refractivity contribution in [3.8, 4) is 0 Å². The summed E-state index contributed by atoms with van der Waals surface area (Å²) >= 11 is 0. The molecule has 1 aromatic heterocycles. The third-order valence-corrected chi connectivity index (χ3v) is 5.73. The first kappa shape index (κ1) is 22.7. The van der Waals surface area contributed by atoms with Gasteiger partial charge in [-0.25, -0.2) is 10.5 Å². The van der Waals surface area contributed by atoms with Crippen LogP contribution >= 0.6 is 0 Å². The molecule has 3 N–H and O–H groups in total. The summed E-state index contributed by atoms with van der Waals surface area (Å²) in [7, 11) is 0. The molecule has 5 rings (SSSR count). The largest absolute Gasteiger partial charge is 0.335 e. The van der Waals surface area contributed by atoms with Gasteiger partial charge in [0, 0.05) is 10.9 Å². The minimum Gasteiger partial charge on any atom is -0.335 e. The minimum absolute atomic E-state index is 0.202. The second kappa shape index (κ2) is 10.0. The van der Waals surface area contributed by atoms with Crippen LogP contribution < -0.4 is 16.3 Å². The SMILES string of the molecule is O=C(N[C@H](C(=O)N/N=C\c1ccc2ccccc2c1)c1n[nH]c(=O)c2ccccc12)c1ccccc1. The fourth-order valence-electron chi connectivity index (χ4n) is 3.94. The van der Waals surface area contributed by atoms with Crippen LogP contribution in [-0.4, -0.2) is 28.2 Å². The van der Waals surface area contributed by atoms with Crippen LogP contribution in [-0.2, 0) is 4.79 Å². The number of fused-ring (bicyclic) bond motifs is 2. The predicted molar refractivity (Wildman–Crippen MR) is 139 cm³/mol. The fraction of sp³-hybridized carbons (Fsp3) is 0.0357. The molecule has 0 saturated heterocycles. The van der Waals surface area contributed by atoms with Crippen molar-refractivity contribution in [1.29, 1.82) is 0 Å². The van der Waals surface area contributed by atoms with E-state index in [1.54, 1.807) is 54.6 Å². The Balaban J connectivity index is 1.45. The van der Waals surface area contributed by atoms with Crippen LogP contribution in [0.1, 0.15) is 27.7 Å². The normalized spacial score (nSPS) is 12.0. The molecule has 0 aliphatic carbocycles. The Morgan fingerprint density at radius 2 is 1.53 bits per heavy atom. The van der Waals surface area contributed by atoms with Crippen LogP contribution in [0.4, 0.5) is 0 Å². The number of H-pyrrole nitrogens is 1. The average molecular weight is 476 g/mol. The molecule has 1 atom stereocenters. The Morgan fingerprint density at radius 1 is 0.833 bits per heavy atom. The lowest BCUT2D eigenvalue weighted by Crippen LogP contribution is -2.40. The highest BCUT2D eigenvalue weighted by Gasteiger charge is 2.27. The standard InChI is InChI=1S/C28H21N5O3/c34-26(20-9-2-1-3-10-20)30-25(24-22-12-6-7-13-23(22)27(35)33-31-24)28(36)32-29-17-18-14-15-19-8-4-5-11-21(19)16-18/h1-17,25H,(H,30,34)(H,32,36)(H,33,35)/b29-17-/t25-/m0/s1. The lowest BCUT2D eigenvalue weighted by atomic mass is 10.0. The number of carbonyl (C=O) groups excluding carboxylic acids is 2. The van der Waals surface area contributed by atoms with Gasteiger partial charge in [0.15, 0.2) is 6.04 Å². The summed E-state index contributed by atoms with van der Waals surface area (Å²) in [5, 5.41) is 16.3. The highest BCUT2D eigenvalue weighted by atomic mass is 16.2. The van der Waals surface area contributed by atoms with Gasteiger partial charge in [-0.3, -0.25) is 14.4 Å². The number of aromatic amines is 1. The summed E-state index contributed by atoms with van der Waals surface area (Å²) in [4.78, 5) is 38.5. The lowest BCUT2D eigenvalue weighted by Gasteiger charge is -2.18. The van der Waals surface area contributed by atoms with Crippen molar-refractivity contribution in [3.63, 3.8) is 0 Å². The molecule has 5 aromatic rings. The zero-order chi connectivity index (χ0) is 24.9. The van der Waals surface area contributed by atoms with Gasteiger partial charge < -0.3 is 5.32 Å². The molecule has 36 heavy (non-hydrogen) atoms. The Bertz CT molecular complexity index is 1660. The molecule has 8 nitrogen and oxygen atoms in total. The number of hydrogen-bond acceptors (Lipinski definition) is 5. The van der Waals surface area contributed by atoms with E-state index >= 15 is 0 Å². The highest BCUT2D eigenvalue weighted by molar-refractivity contribution is 5.99. The van der Waals surface area contributed by atoms with Crippen LogP contribution in [0.15, 0.2) is 107 Å². The molecular weight excluding hydrogens is 454 g/mol. The number of aromatic nitrogens is 2. The summed E-state index contributed by atoms with van der Waals surface area (Å²) < 4.78 is 0. The smallest absolute Gasteiger partial charge is 0.272 e. The van der Waals surface area contributed by atoms with Gasteiger partial charge in [-0.2, -0.15) is 10.2 Å². The van der Waals surface area contributed by atoms with E-state index in [9.17, 15) is 14.4 Å². The molecule has 0 bridgehead atoms. The van der Waals surface area contributed by atoms with Crippen molar-refractivity contribution in [2.75, 3.05) is 0 Å². The molecule has 0 aliphatic rings. The van der Waals surface area contributed by atoms with E-state index in [4.69, 9.17) is 0 Å². The van der Waals surface area contributed by atoms with Crippen molar-refractivity contribution < 1.29 is 9.59 Å². The zero-order valence-corrected chi connectivity index (χ0v) is 19.0. The summed E-state index contributed by atoms with van der Waals surface area (Å²) in [5.74, 6) is -1.08. The number of benzene rings is 4. The number of nitrogens with one attached hydrogen (secondary N) is 3. The highest BCUT2D eigenvalue weighted by Crippen LogP contribution is 2.20. The van der Waals surface area contributed by atoms with Crippen molar-refractivity contribution >= 4 is 39.6 Å². The summed E-state index contributed by atoms with van der Waals surface area (Å²) in [5.41, 5.74) is 3.48. The van der Waals surface area contributed by atoms with Gasteiger partial charge in [-0.1, -0.05) is 72.8 Å². The Hall–Kier alpha value is -5.11. The second-order valence-corrected chi connectivity index (χ2v) is 8.10. The summed E-state index contributed by atoms with van der Waals surface area (Å²) in [6.45, 7) is 0. The molecule has 0 radical (unpaired) electrons. The quantitative estimate of drug-likeness (QED) is 0.256. The molecule has 0 unspecified atom stereocenters. The first-order chi connectivity index (χ1) is 17.6. The molecule has 0 aliphatic heterocycles. The van der Waals surface area contributed by atoms with Gasteiger partial charge >= 0.3 is 0 Å². The predicted octanol–water partition coefficient (Wildman–Crippen LogP) is 3.70. The third kappa shape index (κ3) is 4.74. The molecule has 4 aromatic carbocycles. The van der Waals surface area contributed by atoms with Crippen LogP contribution in [0, 0.1) is 0 Å². The maximum absolute atomic E-state index is 13.3. The molecule has 8 heteroatoms. The van der Waals surface area contributed by atoms with Gasteiger partial charge in [-0.15, -0.1) is 0 Å². The van der Waals surface area contributed by atoms with Crippen molar-refractivity contribution in [3.05, 3.63) is 124 Å². The monoisotopic (exact) mass is 475 g/mol. The Kier molecular flexibility index (Phi) is 6.31. The van der Waals surface area contributed by atoms with Crippen LogP contribution in [0.25, 0.3) is 21.5 Å². The number of hydrazone groups is 1. The maximum atomic E-state index is 13.3. The average Bonchev–Trinajstić information content (AvgIpc) is 2.92. The van der Waals surface area contributed by atoms with Gasteiger partial charge in [0.05, 0.1) is 11.6 Å². The molecule has 2 amide bonds. The lowest BCUT2D eigenvalue weighted by molar-refractivity contribution is -0.123. The van der Waals surface area contributed by atoms with E-state index in [0.29, 0.717) is 16.3 Å². The molecule has 0 spiro atoms. The van der Waals surface area contributed by atoms with Crippen molar-refractivity contribution in [1.82, 2.24) is 20.9 Å². The minimum atomic E-state index is -1.21. The van der Waals surface area contributed by atoms with E-state index < -0.39 is 23.4 Å². The molecule has 176 valence electrons. The van der Waals surface area contributed by atoms with E-state index in [0.717, 1.165) is 16.3 Å². The van der Waals surface area contributed by atoms with Crippen LogP contribution in [0.2, 0.25) is 0 Å². The van der Waals surface area contributed by atoms with E-state index in [1.807, 2.05) is 42.5 Å². The topological polar surface area (TPSA) is 116 Å². The Morgan fingerprint density at radius 3 is 2.33 bits per heavy atom. The van der Waals surface area contributed by atoms with Gasteiger partial charge in [0.2, 0.25) is 0 Å². The van der Waals surface area contributed by atoms with Crippen molar-refractivity contribution in [2.24, 2.45) is 5.10 Å². The third-order valence-electron chi connectivity index (χ3n) is 5.73. The number of carbonyl (C=O) groups is 2. The fourth-order valence-corrected chi connectivity index (χ4v) is 3.94. The summed E-state index contributed by atoms with van der Waals surface area (Å²) in [6, 6.07) is 27.8. The number of amides is 2. The first-order valence-corrected chi connectivity index (χ1v) is 11.2. The number of nitrogens with zero attached hydrogens (tertiary/aromatic N) is 2. The Labute approximate surface area is 205 Å². The molecule has 0 fully saturated rings. The summed E-state index contributed by atoms with van der Waals surface area (Å²) in [6.07, 6.45) is 1.53. The second-order valence-electron chi connectivity index (χ2n) is 8.10. The van der Waals surface area contributed by atoms with E-state index in [2.05, 4.69) is 26.0 Å². The first-order valence-electron chi connectivity index (χ1n) is 11.2. The van der Waals surface area contributed by atoms with Crippen LogP contribution in [0.5, 0.6) is 0 Å². The van der Waals surface area contributed by atoms with Gasteiger partial charge in [0.1, 0.15) is 5.69 Å². The molecule has 0 saturated carbocycles. The number of hydrogen-bond donors (Lipinski definition) is 3. The number of rotatable bonds is 6. The van der Waals surface area contributed by atoms with Gasteiger partial charge in [0.25, 0.3) is 17.4 Å². The van der Waals surface area contributed by atoms with Crippen molar-refractivity contribution in [2.45, 2.75) is 6.04 Å². The zero-order valence-electron chi connectivity index (χ0n) is 19.0. The maximum Gasteiger partial charge on any atom is 0.272 e. The molecular formula is C28H21N5O3. The van der Waals surface area contributed by atoms with E-state index in [1.165, 1.54) is 6.21 Å². The molecule has 1 heterocycles. The van der Waals surface area contributed by atoms with Crippen LogP contribution in [0.3, 0.4) is 0 Å².